The zero-order valence-corrected chi connectivity index (χ0v) is 13.6. The molecule has 0 aliphatic carbocycles. The highest BCUT2D eigenvalue weighted by Gasteiger charge is 2.19. The van der Waals surface area contributed by atoms with E-state index in [4.69, 9.17) is 0 Å². The first-order valence-corrected chi connectivity index (χ1v) is 8.65. The van der Waals surface area contributed by atoms with E-state index in [1.807, 2.05) is 13.8 Å². The minimum atomic E-state index is -3.46. The maximum atomic E-state index is 12.2. The average Bonchev–Trinajstić information content (AvgIpc) is 2.85. The van der Waals surface area contributed by atoms with Crippen LogP contribution in [0.3, 0.4) is 0 Å². The number of nitrogens with zero attached hydrogens (tertiary/aromatic N) is 2. The molecular weight excluding hydrogens is 276 g/mol. The van der Waals surface area contributed by atoms with Gasteiger partial charge in [0.05, 0.1) is 12.7 Å². The van der Waals surface area contributed by atoms with E-state index in [9.17, 15) is 8.42 Å². The Labute approximate surface area is 122 Å². The zero-order chi connectivity index (χ0) is 15.2. The molecule has 0 aliphatic rings. The molecule has 6 nitrogen and oxygen atoms in total. The lowest BCUT2D eigenvalue weighted by atomic mass is 10.2. The lowest BCUT2D eigenvalue weighted by Crippen LogP contribution is -2.33. The molecule has 0 aromatic carbocycles. The van der Waals surface area contributed by atoms with Crippen molar-refractivity contribution in [1.82, 2.24) is 19.8 Å². The standard InChI is InChI=1S/C13H26N4O2S/c1-5-12(6-2)16-20(18,19)13-9-15-17(10-13)8-7-14-11(3)4/h9-12,14,16H,5-8H2,1-4H3. The summed E-state index contributed by atoms with van der Waals surface area (Å²) in [6, 6.07) is 0.385. The first-order chi connectivity index (χ1) is 9.39. The van der Waals surface area contributed by atoms with Gasteiger partial charge in [-0.2, -0.15) is 5.10 Å². The molecule has 0 radical (unpaired) electrons. The van der Waals surface area contributed by atoms with Gasteiger partial charge in [0, 0.05) is 24.8 Å². The highest BCUT2D eigenvalue weighted by molar-refractivity contribution is 7.89. The van der Waals surface area contributed by atoms with Crippen LogP contribution in [-0.2, 0) is 16.6 Å². The smallest absolute Gasteiger partial charge is 0.243 e. The lowest BCUT2D eigenvalue weighted by Gasteiger charge is -2.13. The number of aromatic nitrogens is 2. The Morgan fingerprint density at radius 3 is 2.50 bits per heavy atom. The third-order valence-electron chi connectivity index (χ3n) is 3.12. The van der Waals surface area contributed by atoms with Crippen molar-refractivity contribution in [3.63, 3.8) is 0 Å². The molecule has 2 N–H and O–H groups in total. The molecule has 1 rings (SSSR count). The summed E-state index contributed by atoms with van der Waals surface area (Å²) in [6.07, 6.45) is 4.54. The Balaban J connectivity index is 2.65. The van der Waals surface area contributed by atoms with Crippen LogP contribution in [0.25, 0.3) is 0 Å². The summed E-state index contributed by atoms with van der Waals surface area (Å²) in [5.74, 6) is 0. The van der Waals surface area contributed by atoms with Crippen LogP contribution in [0.1, 0.15) is 40.5 Å². The van der Waals surface area contributed by atoms with Gasteiger partial charge >= 0.3 is 0 Å². The normalized spacial score (nSPS) is 12.5. The minimum absolute atomic E-state index is 0.0223. The van der Waals surface area contributed by atoms with Gasteiger partial charge in [0.2, 0.25) is 10.0 Å². The van der Waals surface area contributed by atoms with Gasteiger partial charge in [0.1, 0.15) is 4.90 Å². The molecule has 1 aromatic heterocycles. The molecule has 0 bridgehead atoms. The zero-order valence-electron chi connectivity index (χ0n) is 12.8. The second kappa shape index (κ2) is 7.75. The van der Waals surface area contributed by atoms with Crippen molar-refractivity contribution in [3.8, 4) is 0 Å². The Bertz CT molecular complexity index is 492. The van der Waals surface area contributed by atoms with Crippen LogP contribution in [0.5, 0.6) is 0 Å². The molecule has 0 fully saturated rings. The summed E-state index contributed by atoms with van der Waals surface area (Å²) in [7, 11) is -3.46. The van der Waals surface area contributed by atoms with Gasteiger partial charge in [-0.1, -0.05) is 27.7 Å². The van der Waals surface area contributed by atoms with E-state index < -0.39 is 10.0 Å². The molecule has 7 heteroatoms. The van der Waals surface area contributed by atoms with E-state index in [0.29, 0.717) is 12.6 Å². The summed E-state index contributed by atoms with van der Waals surface area (Å²) in [5.41, 5.74) is 0. The maximum absolute atomic E-state index is 12.2. The lowest BCUT2D eigenvalue weighted by molar-refractivity contribution is 0.514. The molecule has 0 unspecified atom stereocenters. The van der Waals surface area contributed by atoms with Crippen molar-refractivity contribution in [2.24, 2.45) is 0 Å². The summed E-state index contributed by atoms with van der Waals surface area (Å²) in [4.78, 5) is 0.231. The first kappa shape index (κ1) is 17.1. The van der Waals surface area contributed by atoms with Crippen LogP contribution in [-0.4, -0.2) is 36.8 Å². The molecule has 1 heterocycles. The van der Waals surface area contributed by atoms with Crippen LogP contribution < -0.4 is 10.0 Å². The average molecular weight is 302 g/mol. The SMILES string of the molecule is CCC(CC)NS(=O)(=O)c1cnn(CCNC(C)C)c1. The van der Waals surface area contributed by atoms with E-state index in [-0.39, 0.29) is 10.9 Å². The third-order valence-corrected chi connectivity index (χ3v) is 4.60. The van der Waals surface area contributed by atoms with Crippen molar-refractivity contribution >= 4 is 10.0 Å². The Kier molecular flexibility index (Phi) is 6.64. The highest BCUT2D eigenvalue weighted by atomic mass is 32.2. The van der Waals surface area contributed by atoms with E-state index in [1.165, 1.54) is 6.20 Å². The highest BCUT2D eigenvalue weighted by Crippen LogP contribution is 2.09. The predicted molar refractivity (Wildman–Crippen MR) is 80.1 cm³/mol. The van der Waals surface area contributed by atoms with E-state index in [2.05, 4.69) is 29.0 Å². The fourth-order valence-electron chi connectivity index (χ4n) is 1.82. The van der Waals surface area contributed by atoms with Gasteiger partial charge in [-0.05, 0) is 12.8 Å². The summed E-state index contributed by atoms with van der Waals surface area (Å²) >= 11 is 0. The Hall–Kier alpha value is -0.920. The van der Waals surface area contributed by atoms with Crippen LogP contribution in [0.2, 0.25) is 0 Å². The minimum Gasteiger partial charge on any atom is -0.313 e. The third kappa shape index (κ3) is 5.22. The van der Waals surface area contributed by atoms with Gasteiger partial charge in [-0.3, -0.25) is 4.68 Å². The van der Waals surface area contributed by atoms with Crippen molar-refractivity contribution in [3.05, 3.63) is 12.4 Å². The van der Waals surface area contributed by atoms with Crippen LogP contribution in [0.4, 0.5) is 0 Å². The number of nitrogens with one attached hydrogen (secondary N) is 2. The summed E-state index contributed by atoms with van der Waals surface area (Å²) in [6.45, 7) is 9.49. The van der Waals surface area contributed by atoms with E-state index in [0.717, 1.165) is 19.4 Å². The van der Waals surface area contributed by atoms with Gasteiger partial charge < -0.3 is 5.32 Å². The predicted octanol–water partition coefficient (Wildman–Crippen LogP) is 1.35. The van der Waals surface area contributed by atoms with Crippen LogP contribution in [0, 0.1) is 0 Å². The molecular formula is C13H26N4O2S. The number of sulfonamides is 1. The van der Waals surface area contributed by atoms with E-state index >= 15 is 0 Å². The van der Waals surface area contributed by atoms with Crippen molar-refractivity contribution < 1.29 is 8.42 Å². The molecule has 116 valence electrons. The van der Waals surface area contributed by atoms with E-state index in [1.54, 1.807) is 10.9 Å². The molecule has 0 amide bonds. The van der Waals surface area contributed by atoms with Gasteiger partial charge in [-0.15, -0.1) is 0 Å². The number of hydrogen-bond donors (Lipinski definition) is 2. The van der Waals surface area contributed by atoms with Crippen molar-refractivity contribution in [2.75, 3.05) is 6.54 Å². The summed E-state index contributed by atoms with van der Waals surface area (Å²) < 4.78 is 28.7. The Morgan fingerprint density at radius 1 is 1.30 bits per heavy atom. The van der Waals surface area contributed by atoms with Crippen molar-refractivity contribution in [2.45, 2.75) is 64.1 Å². The molecule has 20 heavy (non-hydrogen) atoms. The maximum Gasteiger partial charge on any atom is 0.243 e. The van der Waals surface area contributed by atoms with Gasteiger partial charge in [0.15, 0.2) is 0 Å². The molecule has 0 atom stereocenters. The topological polar surface area (TPSA) is 76.0 Å². The number of hydrogen-bond acceptors (Lipinski definition) is 4. The quantitative estimate of drug-likeness (QED) is 0.722. The molecule has 0 aliphatic heterocycles. The Morgan fingerprint density at radius 2 is 1.95 bits per heavy atom. The largest absolute Gasteiger partial charge is 0.313 e. The second-order valence-electron chi connectivity index (χ2n) is 5.18. The second-order valence-corrected chi connectivity index (χ2v) is 6.90. The fraction of sp³-hybridized carbons (Fsp3) is 0.769. The molecule has 1 aromatic rings. The number of rotatable bonds is 9. The monoisotopic (exact) mass is 302 g/mol. The van der Waals surface area contributed by atoms with Crippen molar-refractivity contribution in [1.29, 1.82) is 0 Å². The van der Waals surface area contributed by atoms with Crippen LogP contribution in [0.15, 0.2) is 17.3 Å². The van der Waals surface area contributed by atoms with Gasteiger partial charge in [-0.25, -0.2) is 13.1 Å². The van der Waals surface area contributed by atoms with Crippen LogP contribution >= 0.6 is 0 Å². The summed E-state index contributed by atoms with van der Waals surface area (Å²) in [5, 5.41) is 7.36. The fourth-order valence-corrected chi connectivity index (χ4v) is 3.17. The molecule has 0 saturated carbocycles. The molecule has 0 spiro atoms. The first-order valence-electron chi connectivity index (χ1n) is 7.17. The van der Waals surface area contributed by atoms with Gasteiger partial charge in [0.25, 0.3) is 0 Å². The molecule has 0 saturated heterocycles.